The van der Waals surface area contributed by atoms with Crippen LogP contribution in [0.15, 0.2) is 29.3 Å². The Labute approximate surface area is 155 Å². The van der Waals surface area contributed by atoms with Crippen molar-refractivity contribution in [1.29, 1.82) is 0 Å². The van der Waals surface area contributed by atoms with Crippen molar-refractivity contribution in [2.75, 3.05) is 60.2 Å². The van der Waals surface area contributed by atoms with Crippen LogP contribution in [0, 0.1) is 0 Å². The summed E-state index contributed by atoms with van der Waals surface area (Å²) in [6, 6.07) is 8.22. The van der Waals surface area contributed by atoms with Crippen LogP contribution < -0.4 is 10.6 Å². The van der Waals surface area contributed by atoms with E-state index in [4.69, 9.17) is 21.1 Å². The van der Waals surface area contributed by atoms with E-state index < -0.39 is 0 Å². The smallest absolute Gasteiger partial charge is 0.191 e. The highest BCUT2D eigenvalue weighted by atomic mass is 35.5. The van der Waals surface area contributed by atoms with Gasteiger partial charge in [-0.2, -0.15) is 0 Å². The molecule has 1 aliphatic rings. The predicted molar refractivity (Wildman–Crippen MR) is 102 cm³/mol. The Bertz CT molecular complexity index is 536. The summed E-state index contributed by atoms with van der Waals surface area (Å²) >= 11 is 6.46. The number of halogens is 1. The minimum absolute atomic E-state index is 0.176. The molecular weight excluding hydrogens is 340 g/mol. The average molecular weight is 369 g/mol. The van der Waals surface area contributed by atoms with Gasteiger partial charge in [0.15, 0.2) is 5.96 Å². The summed E-state index contributed by atoms with van der Waals surface area (Å²) in [7, 11) is 3.49. The number of aliphatic imine (C=N–C) groups is 1. The zero-order valence-corrected chi connectivity index (χ0v) is 15.9. The first-order valence-electron chi connectivity index (χ1n) is 8.76. The van der Waals surface area contributed by atoms with E-state index in [0.29, 0.717) is 0 Å². The Morgan fingerprint density at radius 1 is 1.32 bits per heavy atom. The zero-order chi connectivity index (χ0) is 17.9. The van der Waals surface area contributed by atoms with Gasteiger partial charge < -0.3 is 20.1 Å². The first-order chi connectivity index (χ1) is 12.3. The van der Waals surface area contributed by atoms with Gasteiger partial charge in [-0.3, -0.25) is 9.89 Å². The molecule has 0 amide bonds. The van der Waals surface area contributed by atoms with Gasteiger partial charge in [0.1, 0.15) is 0 Å². The molecule has 1 atom stereocenters. The normalized spacial score (nSPS) is 17.3. The van der Waals surface area contributed by atoms with Gasteiger partial charge in [0, 0.05) is 52.0 Å². The molecule has 2 rings (SSSR count). The number of benzene rings is 1. The molecule has 0 spiro atoms. The van der Waals surface area contributed by atoms with E-state index in [1.165, 1.54) is 0 Å². The van der Waals surface area contributed by atoms with Gasteiger partial charge in [-0.1, -0.05) is 29.8 Å². The highest BCUT2D eigenvalue weighted by Gasteiger charge is 2.24. The minimum Gasteiger partial charge on any atom is -0.385 e. The fraction of sp³-hybridized carbons (Fsp3) is 0.611. The van der Waals surface area contributed by atoms with Crippen molar-refractivity contribution < 1.29 is 9.47 Å². The number of methoxy groups -OCH3 is 1. The monoisotopic (exact) mass is 368 g/mol. The molecule has 7 heteroatoms. The summed E-state index contributed by atoms with van der Waals surface area (Å²) < 4.78 is 10.6. The molecule has 1 aromatic rings. The van der Waals surface area contributed by atoms with Crippen molar-refractivity contribution in [2.24, 2.45) is 4.99 Å². The van der Waals surface area contributed by atoms with Crippen molar-refractivity contribution in [1.82, 2.24) is 15.5 Å². The quantitative estimate of drug-likeness (QED) is 0.417. The van der Waals surface area contributed by atoms with Gasteiger partial charge in [-0.25, -0.2) is 0 Å². The number of hydrogen-bond donors (Lipinski definition) is 2. The molecule has 6 nitrogen and oxygen atoms in total. The number of hydrogen-bond acceptors (Lipinski definition) is 4. The third-order valence-electron chi connectivity index (χ3n) is 4.25. The zero-order valence-electron chi connectivity index (χ0n) is 15.1. The van der Waals surface area contributed by atoms with E-state index in [-0.39, 0.29) is 6.04 Å². The maximum absolute atomic E-state index is 6.46. The summed E-state index contributed by atoms with van der Waals surface area (Å²) in [5, 5.41) is 7.53. The maximum Gasteiger partial charge on any atom is 0.191 e. The lowest BCUT2D eigenvalue weighted by Gasteiger charge is -2.35. The van der Waals surface area contributed by atoms with Crippen LogP contribution in [0.4, 0.5) is 0 Å². The number of nitrogens with one attached hydrogen (secondary N) is 2. The fourth-order valence-electron chi connectivity index (χ4n) is 2.91. The van der Waals surface area contributed by atoms with Crippen LogP contribution in [0.3, 0.4) is 0 Å². The molecular formula is C18H29ClN4O2. The first-order valence-corrected chi connectivity index (χ1v) is 9.13. The second-order valence-electron chi connectivity index (χ2n) is 5.91. The highest BCUT2D eigenvalue weighted by Crippen LogP contribution is 2.27. The number of morpholine rings is 1. The first kappa shape index (κ1) is 20.0. The van der Waals surface area contributed by atoms with Crippen molar-refractivity contribution >= 4 is 17.6 Å². The highest BCUT2D eigenvalue weighted by molar-refractivity contribution is 6.31. The van der Waals surface area contributed by atoms with Crippen LogP contribution >= 0.6 is 11.6 Å². The molecule has 1 saturated heterocycles. The molecule has 1 heterocycles. The minimum atomic E-state index is 0.176. The molecule has 0 aromatic heterocycles. The molecule has 1 aromatic carbocycles. The standard InChI is InChI=1S/C18H29ClN4O2/c1-20-18(21-8-5-11-24-2)22-14-17(23-9-12-25-13-10-23)15-6-3-4-7-16(15)19/h3-4,6-7,17H,5,8-14H2,1-2H3,(H2,20,21,22). The summed E-state index contributed by atoms with van der Waals surface area (Å²) in [5.41, 5.74) is 1.13. The molecule has 1 unspecified atom stereocenters. The van der Waals surface area contributed by atoms with Gasteiger partial charge >= 0.3 is 0 Å². The molecule has 0 bridgehead atoms. The van der Waals surface area contributed by atoms with E-state index in [0.717, 1.165) is 69.0 Å². The molecule has 0 saturated carbocycles. The topological polar surface area (TPSA) is 58.1 Å². The van der Waals surface area contributed by atoms with Crippen LogP contribution in [0.2, 0.25) is 5.02 Å². The largest absolute Gasteiger partial charge is 0.385 e. The number of guanidine groups is 1. The van der Waals surface area contributed by atoms with Crippen molar-refractivity contribution in [3.05, 3.63) is 34.9 Å². The van der Waals surface area contributed by atoms with E-state index in [2.05, 4.69) is 26.6 Å². The Kier molecular flexibility index (Phi) is 9.04. The van der Waals surface area contributed by atoms with Crippen LogP contribution in [0.5, 0.6) is 0 Å². The number of nitrogens with zero attached hydrogens (tertiary/aromatic N) is 2. The van der Waals surface area contributed by atoms with Crippen LogP contribution in [0.1, 0.15) is 18.0 Å². The SMILES string of the molecule is CN=C(NCCCOC)NCC(c1ccccc1Cl)N1CCOCC1. The van der Waals surface area contributed by atoms with Crippen LogP contribution in [0.25, 0.3) is 0 Å². The van der Waals surface area contributed by atoms with Gasteiger partial charge in [-0.05, 0) is 18.1 Å². The third-order valence-corrected chi connectivity index (χ3v) is 4.60. The second kappa shape index (κ2) is 11.3. The molecule has 1 aliphatic heterocycles. The van der Waals surface area contributed by atoms with Crippen molar-refractivity contribution in [3.8, 4) is 0 Å². The summed E-state index contributed by atoms with van der Waals surface area (Å²) in [6.07, 6.45) is 0.939. The second-order valence-corrected chi connectivity index (χ2v) is 6.32. The van der Waals surface area contributed by atoms with Crippen molar-refractivity contribution in [3.63, 3.8) is 0 Å². The van der Waals surface area contributed by atoms with E-state index in [9.17, 15) is 0 Å². The Balaban J connectivity index is 1.99. The Morgan fingerprint density at radius 2 is 2.08 bits per heavy atom. The molecule has 25 heavy (non-hydrogen) atoms. The average Bonchev–Trinajstić information content (AvgIpc) is 2.65. The molecule has 140 valence electrons. The van der Waals surface area contributed by atoms with Crippen molar-refractivity contribution in [2.45, 2.75) is 12.5 Å². The van der Waals surface area contributed by atoms with Gasteiger partial charge in [0.05, 0.1) is 19.3 Å². The molecule has 0 aliphatic carbocycles. The predicted octanol–water partition coefficient (Wildman–Crippen LogP) is 1.91. The lowest BCUT2D eigenvalue weighted by atomic mass is 10.0. The fourth-order valence-corrected chi connectivity index (χ4v) is 3.17. The van der Waals surface area contributed by atoms with Gasteiger partial charge in [0.25, 0.3) is 0 Å². The van der Waals surface area contributed by atoms with Crippen LogP contribution in [-0.4, -0.2) is 71.0 Å². The van der Waals surface area contributed by atoms with E-state index >= 15 is 0 Å². The van der Waals surface area contributed by atoms with Gasteiger partial charge in [0.2, 0.25) is 0 Å². The lowest BCUT2D eigenvalue weighted by molar-refractivity contribution is 0.0170. The summed E-state index contributed by atoms with van der Waals surface area (Å²) in [5.74, 6) is 0.793. The number of ether oxygens (including phenoxy) is 2. The summed E-state index contributed by atoms with van der Waals surface area (Å²) in [6.45, 7) is 5.60. The Hall–Kier alpha value is -1.34. The summed E-state index contributed by atoms with van der Waals surface area (Å²) in [4.78, 5) is 6.71. The lowest BCUT2D eigenvalue weighted by Crippen LogP contribution is -2.46. The molecule has 1 fully saturated rings. The Morgan fingerprint density at radius 3 is 2.76 bits per heavy atom. The third kappa shape index (κ3) is 6.47. The van der Waals surface area contributed by atoms with E-state index in [1.807, 2.05) is 18.2 Å². The number of rotatable bonds is 8. The molecule has 0 radical (unpaired) electrons. The van der Waals surface area contributed by atoms with Gasteiger partial charge in [-0.15, -0.1) is 0 Å². The van der Waals surface area contributed by atoms with E-state index in [1.54, 1.807) is 14.2 Å². The van der Waals surface area contributed by atoms with Crippen LogP contribution in [-0.2, 0) is 9.47 Å². The maximum atomic E-state index is 6.46. The molecule has 2 N–H and O–H groups in total.